The van der Waals surface area contributed by atoms with Gasteiger partial charge in [-0.25, -0.2) is 0 Å². The molecule has 0 spiro atoms. The fraction of sp³-hybridized carbons (Fsp3) is 0.143. The van der Waals surface area contributed by atoms with Crippen LogP contribution >= 0.6 is 11.3 Å². The number of rotatable bonds is 6. The van der Waals surface area contributed by atoms with Crippen LogP contribution in [-0.4, -0.2) is 14.2 Å². The van der Waals surface area contributed by atoms with Crippen LogP contribution in [0.5, 0.6) is 11.5 Å². The van der Waals surface area contributed by atoms with Crippen LogP contribution < -0.4 is 9.47 Å². The van der Waals surface area contributed by atoms with E-state index in [1.807, 2.05) is 18.2 Å². The molecule has 0 saturated heterocycles. The Morgan fingerprint density at radius 2 is 1.79 bits per heavy atom. The first-order valence-corrected chi connectivity index (χ1v) is 8.70. The molecule has 0 aliphatic carbocycles. The van der Waals surface area contributed by atoms with Crippen LogP contribution in [0.2, 0.25) is 0 Å². The average Bonchev–Trinajstić information content (AvgIpc) is 3.16. The van der Waals surface area contributed by atoms with E-state index in [4.69, 9.17) is 9.47 Å². The molecule has 0 fully saturated rings. The van der Waals surface area contributed by atoms with Gasteiger partial charge in [0, 0.05) is 10.4 Å². The monoisotopic (exact) mass is 336 g/mol. The molecule has 0 N–H and O–H groups in total. The smallest absolute Gasteiger partial charge is 0.169 e. The Bertz CT molecular complexity index is 805. The van der Waals surface area contributed by atoms with Crippen LogP contribution in [0.4, 0.5) is 0 Å². The van der Waals surface area contributed by atoms with Crippen LogP contribution in [-0.2, 0) is 6.42 Å². The van der Waals surface area contributed by atoms with Gasteiger partial charge >= 0.3 is 0 Å². The van der Waals surface area contributed by atoms with E-state index in [2.05, 4.69) is 53.9 Å². The van der Waals surface area contributed by atoms with Crippen LogP contribution in [0.15, 0.2) is 66.1 Å². The second-order valence-corrected chi connectivity index (χ2v) is 6.32. The largest absolute Gasteiger partial charge is 0.493 e. The summed E-state index contributed by atoms with van der Waals surface area (Å²) in [5, 5.41) is 2.07. The van der Waals surface area contributed by atoms with E-state index < -0.39 is 0 Å². The number of ether oxygens (including phenoxy) is 2. The molecule has 3 aromatic rings. The first-order valence-electron chi connectivity index (χ1n) is 7.82. The van der Waals surface area contributed by atoms with Crippen molar-refractivity contribution in [3.63, 3.8) is 0 Å². The minimum absolute atomic E-state index is 0.753. The molecule has 0 amide bonds. The number of thiophene rings is 1. The average molecular weight is 336 g/mol. The minimum atomic E-state index is 0.753. The SMILES string of the molecule is COc1cc(C=CCc2ccccc2)cc(-c2cccs2)c1OC. The third kappa shape index (κ3) is 3.69. The summed E-state index contributed by atoms with van der Waals surface area (Å²) in [5.41, 5.74) is 3.46. The zero-order valence-corrected chi connectivity index (χ0v) is 14.7. The maximum absolute atomic E-state index is 5.58. The Balaban J connectivity index is 1.92. The third-order valence-corrected chi connectivity index (χ3v) is 4.70. The topological polar surface area (TPSA) is 18.5 Å². The van der Waals surface area contributed by atoms with Gasteiger partial charge in [-0.1, -0.05) is 48.6 Å². The summed E-state index contributed by atoms with van der Waals surface area (Å²) in [6.07, 6.45) is 5.21. The zero-order chi connectivity index (χ0) is 16.8. The molecule has 2 aromatic carbocycles. The molecular formula is C21H20O2S. The summed E-state index contributed by atoms with van der Waals surface area (Å²) in [4.78, 5) is 1.17. The van der Waals surface area contributed by atoms with Gasteiger partial charge in [-0.2, -0.15) is 0 Å². The molecule has 0 saturated carbocycles. The third-order valence-electron chi connectivity index (χ3n) is 3.79. The predicted molar refractivity (Wildman–Crippen MR) is 102 cm³/mol. The molecule has 1 aromatic heterocycles. The maximum atomic E-state index is 5.58. The van der Waals surface area contributed by atoms with E-state index in [1.54, 1.807) is 25.6 Å². The Morgan fingerprint density at radius 1 is 0.958 bits per heavy atom. The summed E-state index contributed by atoms with van der Waals surface area (Å²) in [6, 6.07) is 18.7. The van der Waals surface area contributed by atoms with Crippen LogP contribution in [0.3, 0.4) is 0 Å². The number of benzene rings is 2. The Morgan fingerprint density at radius 3 is 2.46 bits per heavy atom. The molecule has 3 rings (SSSR count). The van der Waals surface area contributed by atoms with E-state index in [-0.39, 0.29) is 0 Å². The van der Waals surface area contributed by atoms with Crippen molar-refractivity contribution in [2.24, 2.45) is 0 Å². The van der Waals surface area contributed by atoms with Gasteiger partial charge in [-0.15, -0.1) is 11.3 Å². The van der Waals surface area contributed by atoms with E-state index in [9.17, 15) is 0 Å². The molecular weight excluding hydrogens is 316 g/mol. The van der Waals surface area contributed by atoms with Gasteiger partial charge in [0.2, 0.25) is 0 Å². The fourth-order valence-electron chi connectivity index (χ4n) is 2.64. The molecule has 3 heteroatoms. The predicted octanol–water partition coefficient (Wildman–Crippen LogP) is 5.69. The number of allylic oxidation sites excluding steroid dienone is 1. The first kappa shape index (κ1) is 16.3. The summed E-state index contributed by atoms with van der Waals surface area (Å²) in [5.74, 6) is 1.53. The van der Waals surface area contributed by atoms with Crippen molar-refractivity contribution in [1.29, 1.82) is 0 Å². The van der Waals surface area contributed by atoms with Crippen LogP contribution in [0.1, 0.15) is 11.1 Å². The quantitative estimate of drug-likeness (QED) is 0.576. The molecule has 0 aliphatic rings. The second kappa shape index (κ2) is 7.84. The van der Waals surface area contributed by atoms with Crippen molar-refractivity contribution in [3.8, 4) is 21.9 Å². The fourth-order valence-corrected chi connectivity index (χ4v) is 3.38. The Labute approximate surface area is 147 Å². The lowest BCUT2D eigenvalue weighted by molar-refractivity contribution is 0.356. The van der Waals surface area contributed by atoms with E-state index in [0.29, 0.717) is 0 Å². The maximum Gasteiger partial charge on any atom is 0.169 e. The Kier molecular flexibility index (Phi) is 5.34. The van der Waals surface area contributed by atoms with Crippen molar-refractivity contribution in [1.82, 2.24) is 0 Å². The van der Waals surface area contributed by atoms with Crippen molar-refractivity contribution in [3.05, 3.63) is 77.2 Å². The van der Waals surface area contributed by atoms with Gasteiger partial charge in [0.25, 0.3) is 0 Å². The minimum Gasteiger partial charge on any atom is -0.493 e. The molecule has 0 atom stereocenters. The molecule has 2 nitrogen and oxygen atoms in total. The van der Waals surface area contributed by atoms with Crippen molar-refractivity contribution < 1.29 is 9.47 Å². The second-order valence-electron chi connectivity index (χ2n) is 5.37. The highest BCUT2D eigenvalue weighted by atomic mass is 32.1. The van der Waals surface area contributed by atoms with Crippen molar-refractivity contribution >= 4 is 17.4 Å². The van der Waals surface area contributed by atoms with Gasteiger partial charge in [0.15, 0.2) is 11.5 Å². The first-order chi connectivity index (χ1) is 11.8. The van der Waals surface area contributed by atoms with Gasteiger partial charge in [-0.05, 0) is 41.1 Å². The van der Waals surface area contributed by atoms with E-state index in [0.717, 1.165) is 29.0 Å². The molecule has 24 heavy (non-hydrogen) atoms. The highest BCUT2D eigenvalue weighted by molar-refractivity contribution is 7.13. The number of hydrogen-bond donors (Lipinski definition) is 0. The Hall–Kier alpha value is -2.52. The standard InChI is InChI=1S/C21H20O2S/c1-22-19-15-17(11-6-10-16-8-4-3-5-9-16)14-18(21(19)23-2)20-12-7-13-24-20/h3-9,11-15H,10H2,1-2H3. The van der Waals surface area contributed by atoms with Crippen molar-refractivity contribution in [2.45, 2.75) is 6.42 Å². The number of methoxy groups -OCH3 is 2. The normalized spacial score (nSPS) is 10.9. The molecule has 122 valence electrons. The molecule has 0 aliphatic heterocycles. The molecule has 1 heterocycles. The lowest BCUT2D eigenvalue weighted by atomic mass is 10.1. The van der Waals surface area contributed by atoms with Crippen LogP contribution in [0, 0.1) is 0 Å². The van der Waals surface area contributed by atoms with Gasteiger partial charge in [-0.3, -0.25) is 0 Å². The zero-order valence-electron chi connectivity index (χ0n) is 13.9. The molecule has 0 bridgehead atoms. The van der Waals surface area contributed by atoms with Gasteiger partial charge < -0.3 is 9.47 Å². The van der Waals surface area contributed by atoms with Crippen molar-refractivity contribution in [2.75, 3.05) is 14.2 Å². The lowest BCUT2D eigenvalue weighted by Gasteiger charge is -2.13. The highest BCUT2D eigenvalue weighted by Crippen LogP contribution is 2.41. The molecule has 0 unspecified atom stereocenters. The van der Waals surface area contributed by atoms with Gasteiger partial charge in [0.05, 0.1) is 14.2 Å². The van der Waals surface area contributed by atoms with E-state index >= 15 is 0 Å². The summed E-state index contributed by atoms with van der Waals surface area (Å²) >= 11 is 1.69. The summed E-state index contributed by atoms with van der Waals surface area (Å²) in [6.45, 7) is 0. The van der Waals surface area contributed by atoms with Crippen LogP contribution in [0.25, 0.3) is 16.5 Å². The van der Waals surface area contributed by atoms with Gasteiger partial charge in [0.1, 0.15) is 0 Å². The molecule has 0 radical (unpaired) electrons. The number of hydrogen-bond acceptors (Lipinski definition) is 3. The summed E-state index contributed by atoms with van der Waals surface area (Å²) in [7, 11) is 3.35. The summed E-state index contributed by atoms with van der Waals surface area (Å²) < 4.78 is 11.1. The lowest BCUT2D eigenvalue weighted by Crippen LogP contribution is -1.94. The highest BCUT2D eigenvalue weighted by Gasteiger charge is 2.14. The van der Waals surface area contributed by atoms with E-state index in [1.165, 1.54) is 10.4 Å².